The number of fused-ring (bicyclic) bond motifs is 1. The molecule has 180 valence electrons. The van der Waals surface area contributed by atoms with Gasteiger partial charge in [-0.25, -0.2) is 8.42 Å². The third kappa shape index (κ3) is 5.72. The second-order valence-corrected chi connectivity index (χ2v) is 9.73. The van der Waals surface area contributed by atoms with E-state index in [-0.39, 0.29) is 22.4 Å². The van der Waals surface area contributed by atoms with E-state index < -0.39 is 26.8 Å². The molecule has 1 aromatic heterocycles. The lowest BCUT2D eigenvalue weighted by Gasteiger charge is -2.12. The van der Waals surface area contributed by atoms with Gasteiger partial charge in [-0.2, -0.15) is 0 Å². The fourth-order valence-corrected chi connectivity index (χ4v) is 5.08. The molecule has 0 aliphatic heterocycles. The van der Waals surface area contributed by atoms with Crippen LogP contribution in [-0.4, -0.2) is 25.7 Å². The first-order valence-electron chi connectivity index (χ1n) is 10.0. The molecular formula is C24H16ClF3N2O4S. The largest absolute Gasteiger partial charge is 0.573 e. The molecule has 1 heterocycles. The number of benzene rings is 3. The Morgan fingerprint density at radius 2 is 1.71 bits per heavy atom. The van der Waals surface area contributed by atoms with Gasteiger partial charge in [0.15, 0.2) is 0 Å². The number of hydrogen-bond acceptors (Lipinski definition) is 5. The van der Waals surface area contributed by atoms with Crippen LogP contribution in [0.1, 0.15) is 15.9 Å². The Bertz CT molecular complexity index is 1510. The SMILES string of the molecule is O=C(NCc1ccc(S(=O)(=O)c2cc(OC(F)(F)F)ccc2Cl)cc1)c1ccc2ccncc2c1. The standard InChI is InChI=1S/C24H16ClF3N2O4S/c25-21-8-5-19(34-24(26,27)28)12-22(21)35(32,33)20-6-1-15(2-7-20)13-30-23(31)17-4-3-16-9-10-29-14-18(16)11-17/h1-12,14H,13H2,(H,30,31). The van der Waals surface area contributed by atoms with Crippen LogP contribution in [0.5, 0.6) is 5.75 Å². The Morgan fingerprint density at radius 1 is 0.971 bits per heavy atom. The normalized spacial score (nSPS) is 11.9. The molecule has 0 unspecified atom stereocenters. The van der Waals surface area contributed by atoms with Crippen molar-refractivity contribution in [1.82, 2.24) is 10.3 Å². The Labute approximate surface area is 203 Å². The monoisotopic (exact) mass is 520 g/mol. The van der Waals surface area contributed by atoms with Gasteiger partial charge < -0.3 is 10.1 Å². The van der Waals surface area contributed by atoms with Gasteiger partial charge in [0.05, 0.1) is 14.8 Å². The van der Waals surface area contributed by atoms with Crippen LogP contribution >= 0.6 is 11.6 Å². The number of rotatable bonds is 6. The van der Waals surface area contributed by atoms with Gasteiger partial charge in [-0.15, -0.1) is 13.2 Å². The van der Waals surface area contributed by atoms with Crippen LogP contribution in [0.3, 0.4) is 0 Å². The molecule has 0 aliphatic rings. The van der Waals surface area contributed by atoms with Gasteiger partial charge in [-0.05, 0) is 53.4 Å². The third-order valence-electron chi connectivity index (χ3n) is 5.02. The highest BCUT2D eigenvalue weighted by Gasteiger charge is 2.32. The number of nitrogens with zero attached hydrogens (tertiary/aromatic N) is 1. The zero-order chi connectivity index (χ0) is 25.2. The van der Waals surface area contributed by atoms with Crippen LogP contribution in [0.2, 0.25) is 5.02 Å². The van der Waals surface area contributed by atoms with Crippen molar-refractivity contribution >= 4 is 38.1 Å². The Morgan fingerprint density at radius 3 is 2.43 bits per heavy atom. The highest BCUT2D eigenvalue weighted by molar-refractivity contribution is 7.91. The number of aromatic nitrogens is 1. The smallest absolute Gasteiger partial charge is 0.406 e. The lowest BCUT2D eigenvalue weighted by molar-refractivity contribution is -0.274. The molecule has 6 nitrogen and oxygen atoms in total. The maximum atomic E-state index is 12.9. The van der Waals surface area contributed by atoms with E-state index in [2.05, 4.69) is 15.0 Å². The van der Waals surface area contributed by atoms with E-state index in [1.807, 2.05) is 12.1 Å². The zero-order valence-corrected chi connectivity index (χ0v) is 19.3. The minimum Gasteiger partial charge on any atom is -0.406 e. The molecule has 4 aromatic rings. The van der Waals surface area contributed by atoms with Crippen LogP contribution in [-0.2, 0) is 16.4 Å². The van der Waals surface area contributed by atoms with Gasteiger partial charge >= 0.3 is 6.36 Å². The fourth-order valence-electron chi connectivity index (χ4n) is 3.31. The second kappa shape index (κ2) is 9.55. The summed E-state index contributed by atoms with van der Waals surface area (Å²) in [6.07, 6.45) is -1.67. The van der Waals surface area contributed by atoms with E-state index >= 15 is 0 Å². The quantitative estimate of drug-likeness (QED) is 0.360. The lowest BCUT2D eigenvalue weighted by atomic mass is 10.1. The number of carbonyl (C=O) groups excluding carboxylic acids is 1. The number of amides is 1. The first kappa shape index (κ1) is 24.5. The van der Waals surface area contributed by atoms with Gasteiger partial charge in [-0.1, -0.05) is 29.8 Å². The molecule has 0 bridgehead atoms. The van der Waals surface area contributed by atoms with Crippen molar-refractivity contribution in [2.45, 2.75) is 22.7 Å². The van der Waals surface area contributed by atoms with E-state index in [0.29, 0.717) is 11.1 Å². The van der Waals surface area contributed by atoms with E-state index in [9.17, 15) is 26.4 Å². The summed E-state index contributed by atoms with van der Waals surface area (Å²) >= 11 is 5.94. The van der Waals surface area contributed by atoms with Crippen molar-refractivity contribution in [1.29, 1.82) is 0 Å². The zero-order valence-electron chi connectivity index (χ0n) is 17.7. The lowest BCUT2D eigenvalue weighted by Crippen LogP contribution is -2.22. The van der Waals surface area contributed by atoms with Gasteiger partial charge in [0.2, 0.25) is 9.84 Å². The molecule has 0 saturated heterocycles. The average molecular weight is 521 g/mol. The number of halogens is 4. The summed E-state index contributed by atoms with van der Waals surface area (Å²) in [5, 5.41) is 4.27. The average Bonchev–Trinajstić information content (AvgIpc) is 2.82. The van der Waals surface area contributed by atoms with Crippen LogP contribution in [0.25, 0.3) is 10.8 Å². The van der Waals surface area contributed by atoms with E-state index in [1.54, 1.807) is 24.5 Å². The molecule has 0 fully saturated rings. The Hall–Kier alpha value is -3.63. The minimum atomic E-state index is -4.98. The molecule has 0 spiro atoms. The van der Waals surface area contributed by atoms with Crippen molar-refractivity contribution in [3.8, 4) is 5.75 Å². The van der Waals surface area contributed by atoms with Gasteiger partial charge in [0, 0.05) is 36.0 Å². The van der Waals surface area contributed by atoms with E-state index in [1.165, 1.54) is 24.3 Å². The molecule has 1 N–H and O–H groups in total. The second-order valence-electron chi connectivity index (χ2n) is 7.41. The van der Waals surface area contributed by atoms with Crippen molar-refractivity contribution < 1.29 is 31.1 Å². The number of pyridine rings is 1. The van der Waals surface area contributed by atoms with Crippen molar-refractivity contribution in [2.24, 2.45) is 0 Å². The molecule has 4 rings (SSSR count). The maximum Gasteiger partial charge on any atom is 0.573 e. The van der Waals surface area contributed by atoms with Gasteiger partial charge in [0.25, 0.3) is 5.91 Å². The molecule has 0 saturated carbocycles. The molecule has 0 atom stereocenters. The number of sulfone groups is 1. The summed E-state index contributed by atoms with van der Waals surface area (Å²) in [6, 6.07) is 15.3. The molecule has 1 amide bonds. The number of ether oxygens (including phenoxy) is 1. The van der Waals surface area contributed by atoms with Crippen LogP contribution in [0, 0.1) is 0 Å². The number of alkyl halides is 3. The van der Waals surface area contributed by atoms with Crippen molar-refractivity contribution in [2.75, 3.05) is 0 Å². The van der Waals surface area contributed by atoms with Crippen molar-refractivity contribution in [3.05, 3.63) is 95.3 Å². The highest BCUT2D eigenvalue weighted by atomic mass is 35.5. The summed E-state index contributed by atoms with van der Waals surface area (Å²) in [5.74, 6) is -1.02. The first-order chi connectivity index (χ1) is 16.5. The predicted molar refractivity (Wildman–Crippen MR) is 123 cm³/mol. The topological polar surface area (TPSA) is 85.4 Å². The van der Waals surface area contributed by atoms with Gasteiger partial charge in [-0.3, -0.25) is 9.78 Å². The number of nitrogens with one attached hydrogen (secondary N) is 1. The third-order valence-corrected chi connectivity index (χ3v) is 7.27. The number of hydrogen-bond donors (Lipinski definition) is 1. The van der Waals surface area contributed by atoms with E-state index in [4.69, 9.17) is 11.6 Å². The molecule has 35 heavy (non-hydrogen) atoms. The molecule has 0 radical (unpaired) electrons. The number of carbonyl (C=O) groups is 1. The summed E-state index contributed by atoms with van der Waals surface area (Å²) in [5.41, 5.74) is 1.06. The van der Waals surface area contributed by atoms with Crippen molar-refractivity contribution in [3.63, 3.8) is 0 Å². The maximum absolute atomic E-state index is 12.9. The molecule has 3 aromatic carbocycles. The van der Waals surface area contributed by atoms with Crippen LogP contribution in [0.4, 0.5) is 13.2 Å². The summed E-state index contributed by atoms with van der Waals surface area (Å²) < 4.78 is 67.2. The first-order valence-corrected chi connectivity index (χ1v) is 11.9. The highest BCUT2D eigenvalue weighted by Crippen LogP contribution is 2.33. The fraction of sp³-hybridized carbons (Fsp3) is 0.0833. The molecular weight excluding hydrogens is 505 g/mol. The Kier molecular flexibility index (Phi) is 6.68. The van der Waals surface area contributed by atoms with Crippen LogP contribution in [0.15, 0.2) is 88.9 Å². The van der Waals surface area contributed by atoms with Gasteiger partial charge in [0.1, 0.15) is 5.75 Å². The molecule has 0 aliphatic carbocycles. The molecule has 11 heteroatoms. The summed E-state index contributed by atoms with van der Waals surface area (Å²) in [4.78, 5) is 15.8. The van der Waals surface area contributed by atoms with Crippen LogP contribution < -0.4 is 10.1 Å². The predicted octanol–water partition coefficient (Wildman–Crippen LogP) is 5.55. The minimum absolute atomic E-state index is 0.125. The van der Waals surface area contributed by atoms with E-state index in [0.717, 1.165) is 29.0 Å². The summed E-state index contributed by atoms with van der Waals surface area (Å²) in [6.45, 7) is 0.125. The Balaban J connectivity index is 1.48. The summed E-state index contributed by atoms with van der Waals surface area (Å²) in [7, 11) is -4.23.